The fourth-order valence-electron chi connectivity index (χ4n) is 1.88. The first-order valence-electron chi connectivity index (χ1n) is 7.20. The van der Waals surface area contributed by atoms with Gasteiger partial charge in [-0.1, -0.05) is 6.92 Å². The molecule has 0 aliphatic rings. The van der Waals surface area contributed by atoms with Gasteiger partial charge in [-0.25, -0.2) is 4.79 Å². The Kier molecular flexibility index (Phi) is 5.62. The number of nitro benzene ring substituents is 1. The van der Waals surface area contributed by atoms with E-state index in [-0.39, 0.29) is 23.8 Å². The van der Waals surface area contributed by atoms with E-state index in [9.17, 15) is 19.7 Å². The first-order chi connectivity index (χ1) is 11.5. The Balaban J connectivity index is 1.86. The van der Waals surface area contributed by atoms with Crippen molar-refractivity contribution in [1.29, 1.82) is 0 Å². The van der Waals surface area contributed by atoms with E-state index in [1.165, 1.54) is 24.3 Å². The smallest absolute Gasteiger partial charge is 0.349 e. The van der Waals surface area contributed by atoms with Crippen molar-refractivity contribution in [2.75, 3.05) is 6.61 Å². The molecule has 0 N–H and O–H groups in total. The number of ether oxygens (including phenoxy) is 2. The second kappa shape index (κ2) is 7.87. The molecule has 24 heavy (non-hydrogen) atoms. The van der Waals surface area contributed by atoms with Gasteiger partial charge in [-0.3, -0.25) is 14.9 Å². The number of carbonyl (C=O) groups is 2. The first-order valence-corrected chi connectivity index (χ1v) is 7.20. The normalized spacial score (nSPS) is 10.0. The minimum atomic E-state index is -0.641. The molecule has 7 nitrogen and oxygen atoms in total. The summed E-state index contributed by atoms with van der Waals surface area (Å²) in [7, 11) is 0. The molecular weight excluding hydrogens is 314 g/mol. The van der Waals surface area contributed by atoms with Gasteiger partial charge in [-0.2, -0.15) is 0 Å². The molecule has 0 radical (unpaired) electrons. The van der Waals surface area contributed by atoms with Gasteiger partial charge in [0.25, 0.3) is 5.69 Å². The summed E-state index contributed by atoms with van der Waals surface area (Å²) in [5.74, 6) is 0.0121. The van der Waals surface area contributed by atoms with Crippen LogP contribution in [0, 0.1) is 10.1 Å². The highest BCUT2D eigenvalue weighted by molar-refractivity contribution is 5.95. The molecule has 0 spiro atoms. The molecule has 0 unspecified atom stereocenters. The number of rotatable bonds is 7. The summed E-state index contributed by atoms with van der Waals surface area (Å²) >= 11 is 0. The molecule has 0 fully saturated rings. The molecule has 124 valence electrons. The summed E-state index contributed by atoms with van der Waals surface area (Å²) in [4.78, 5) is 33.2. The Labute approximate surface area is 138 Å². The molecule has 0 atom stereocenters. The summed E-state index contributed by atoms with van der Waals surface area (Å²) in [6, 6.07) is 11.6. The van der Waals surface area contributed by atoms with Gasteiger partial charge >= 0.3 is 5.97 Å². The van der Waals surface area contributed by atoms with Crippen molar-refractivity contribution in [3.63, 3.8) is 0 Å². The number of benzene rings is 2. The van der Waals surface area contributed by atoms with Gasteiger partial charge in [0.05, 0.1) is 4.92 Å². The largest absolute Gasteiger partial charge is 0.482 e. The number of Topliss-reactive ketones (excluding diaryl/α,β-unsaturated/α-hetero) is 1. The molecule has 0 aromatic heterocycles. The van der Waals surface area contributed by atoms with Gasteiger partial charge in [-0.15, -0.1) is 0 Å². The van der Waals surface area contributed by atoms with Gasteiger partial charge in [0.1, 0.15) is 11.5 Å². The van der Waals surface area contributed by atoms with E-state index >= 15 is 0 Å². The third-order valence-electron chi connectivity index (χ3n) is 3.13. The Morgan fingerprint density at radius 3 is 2.12 bits per heavy atom. The van der Waals surface area contributed by atoms with Crippen LogP contribution in [-0.4, -0.2) is 23.3 Å². The topological polar surface area (TPSA) is 95.7 Å². The number of esters is 1. The fraction of sp³-hybridized carbons (Fsp3) is 0.176. The van der Waals surface area contributed by atoms with Crippen LogP contribution in [0.3, 0.4) is 0 Å². The van der Waals surface area contributed by atoms with Crippen LogP contribution >= 0.6 is 0 Å². The van der Waals surface area contributed by atoms with Crippen LogP contribution in [-0.2, 0) is 4.79 Å². The molecule has 0 heterocycles. The standard InChI is InChI=1S/C17H15NO6/c1-2-16(19)12-3-7-14(8-4-12)23-11-17(20)24-15-9-5-13(6-10-15)18(21)22/h3-10H,2,11H2,1H3. The highest BCUT2D eigenvalue weighted by Gasteiger charge is 2.09. The molecular formula is C17H15NO6. The molecule has 2 aromatic carbocycles. The number of carbonyl (C=O) groups excluding carboxylic acids is 2. The third kappa shape index (κ3) is 4.64. The third-order valence-corrected chi connectivity index (χ3v) is 3.13. The molecule has 0 saturated carbocycles. The molecule has 0 aliphatic carbocycles. The Morgan fingerprint density at radius 1 is 1.00 bits per heavy atom. The summed E-state index contributed by atoms with van der Waals surface area (Å²) in [5, 5.41) is 10.5. The lowest BCUT2D eigenvalue weighted by atomic mass is 10.1. The van der Waals surface area contributed by atoms with Crippen molar-refractivity contribution in [3.8, 4) is 11.5 Å². The predicted octanol–water partition coefficient (Wildman–Crippen LogP) is 3.17. The molecule has 0 amide bonds. The Hall–Kier alpha value is -3.22. The second-order valence-electron chi connectivity index (χ2n) is 4.81. The fourth-order valence-corrected chi connectivity index (χ4v) is 1.88. The van der Waals surface area contributed by atoms with Crippen molar-refractivity contribution in [3.05, 3.63) is 64.2 Å². The predicted molar refractivity (Wildman–Crippen MR) is 85.3 cm³/mol. The number of nitro groups is 1. The van der Waals surface area contributed by atoms with Crippen molar-refractivity contribution in [2.24, 2.45) is 0 Å². The van der Waals surface area contributed by atoms with Crippen molar-refractivity contribution in [2.45, 2.75) is 13.3 Å². The van der Waals surface area contributed by atoms with E-state index in [1.807, 2.05) is 0 Å². The van der Waals surface area contributed by atoms with E-state index < -0.39 is 10.9 Å². The monoisotopic (exact) mass is 329 g/mol. The summed E-state index contributed by atoms with van der Waals surface area (Å²) in [6.07, 6.45) is 0.418. The zero-order chi connectivity index (χ0) is 17.5. The minimum Gasteiger partial charge on any atom is -0.482 e. The van der Waals surface area contributed by atoms with Crippen LogP contribution in [0.4, 0.5) is 5.69 Å². The lowest BCUT2D eigenvalue weighted by Gasteiger charge is -2.07. The maximum Gasteiger partial charge on any atom is 0.349 e. The second-order valence-corrected chi connectivity index (χ2v) is 4.81. The Bertz CT molecular complexity index is 737. The molecule has 7 heteroatoms. The molecule has 0 saturated heterocycles. The summed E-state index contributed by atoms with van der Waals surface area (Å²) in [5.41, 5.74) is 0.492. The van der Waals surface area contributed by atoms with Gasteiger partial charge in [0.2, 0.25) is 0 Å². The number of non-ortho nitro benzene ring substituents is 1. The molecule has 0 bridgehead atoms. The molecule has 2 aromatic rings. The average molecular weight is 329 g/mol. The lowest BCUT2D eigenvalue weighted by molar-refractivity contribution is -0.384. The lowest BCUT2D eigenvalue weighted by Crippen LogP contribution is -2.17. The first kappa shape index (κ1) is 17.1. The van der Waals surface area contributed by atoms with Crippen molar-refractivity contribution < 1.29 is 24.0 Å². The van der Waals surface area contributed by atoms with Crippen LogP contribution in [0.2, 0.25) is 0 Å². The number of ketones is 1. The quantitative estimate of drug-likeness (QED) is 0.254. The van der Waals surface area contributed by atoms with E-state index in [2.05, 4.69) is 0 Å². The van der Waals surface area contributed by atoms with E-state index in [0.717, 1.165) is 0 Å². The van der Waals surface area contributed by atoms with E-state index in [4.69, 9.17) is 9.47 Å². The van der Waals surface area contributed by atoms with Gasteiger partial charge in [0, 0.05) is 24.1 Å². The van der Waals surface area contributed by atoms with E-state index in [0.29, 0.717) is 17.7 Å². The zero-order valence-corrected chi connectivity index (χ0v) is 12.9. The number of nitrogens with zero attached hydrogens (tertiary/aromatic N) is 1. The zero-order valence-electron chi connectivity index (χ0n) is 12.9. The van der Waals surface area contributed by atoms with E-state index in [1.54, 1.807) is 31.2 Å². The van der Waals surface area contributed by atoms with Crippen molar-refractivity contribution >= 4 is 17.4 Å². The minimum absolute atomic E-state index is 0.0270. The highest BCUT2D eigenvalue weighted by atomic mass is 16.6. The maximum absolute atomic E-state index is 11.7. The number of hydrogen-bond acceptors (Lipinski definition) is 6. The van der Waals surface area contributed by atoms with Crippen LogP contribution in [0.5, 0.6) is 11.5 Å². The van der Waals surface area contributed by atoms with Gasteiger partial charge in [0.15, 0.2) is 12.4 Å². The van der Waals surface area contributed by atoms with Gasteiger partial charge in [-0.05, 0) is 36.4 Å². The SMILES string of the molecule is CCC(=O)c1ccc(OCC(=O)Oc2ccc([N+](=O)[O-])cc2)cc1. The molecule has 0 aliphatic heterocycles. The van der Waals surface area contributed by atoms with Crippen LogP contribution < -0.4 is 9.47 Å². The maximum atomic E-state index is 11.7. The molecule has 2 rings (SSSR count). The summed E-state index contributed by atoms with van der Waals surface area (Å²) in [6.45, 7) is 1.46. The van der Waals surface area contributed by atoms with Crippen molar-refractivity contribution in [1.82, 2.24) is 0 Å². The highest BCUT2D eigenvalue weighted by Crippen LogP contribution is 2.18. The summed E-state index contributed by atoms with van der Waals surface area (Å²) < 4.78 is 10.3. The Morgan fingerprint density at radius 2 is 1.58 bits per heavy atom. The van der Waals surface area contributed by atoms with Gasteiger partial charge < -0.3 is 9.47 Å². The van der Waals surface area contributed by atoms with Crippen LogP contribution in [0.25, 0.3) is 0 Å². The average Bonchev–Trinajstić information content (AvgIpc) is 2.60. The van der Waals surface area contributed by atoms with Crippen LogP contribution in [0.1, 0.15) is 23.7 Å². The number of hydrogen-bond donors (Lipinski definition) is 0. The van der Waals surface area contributed by atoms with Crippen LogP contribution in [0.15, 0.2) is 48.5 Å².